The summed E-state index contributed by atoms with van der Waals surface area (Å²) >= 11 is 0. The highest BCUT2D eigenvalue weighted by Gasteiger charge is 2.12. The lowest BCUT2D eigenvalue weighted by atomic mass is 10.0. The summed E-state index contributed by atoms with van der Waals surface area (Å²) in [6.45, 7) is 9.51. The van der Waals surface area contributed by atoms with Gasteiger partial charge in [-0.1, -0.05) is 72.8 Å². The van der Waals surface area contributed by atoms with E-state index in [1.807, 2.05) is 0 Å². The van der Waals surface area contributed by atoms with E-state index in [-0.39, 0.29) is 17.0 Å². The highest BCUT2D eigenvalue weighted by atomic mass is 79.9. The molecule has 2 heteroatoms. The second-order valence-corrected chi connectivity index (χ2v) is 6.92. The molecule has 0 fully saturated rings. The fraction of sp³-hybridized carbons (Fsp3) is 0.250. The molecule has 0 heterocycles. The first kappa shape index (κ1) is 20.4. The van der Waals surface area contributed by atoms with E-state index in [0.29, 0.717) is 0 Å². The molecule has 0 atom stereocenters. The number of benzene rings is 3. The Morgan fingerprint density at radius 2 is 0.769 bits per heavy atom. The van der Waals surface area contributed by atoms with Crippen molar-refractivity contribution in [1.29, 1.82) is 0 Å². The second-order valence-electron chi connectivity index (χ2n) is 6.92. The molecule has 0 aliphatic rings. The topological polar surface area (TPSA) is 3.24 Å². The zero-order chi connectivity index (χ0) is 17.6. The van der Waals surface area contributed by atoms with Crippen LogP contribution in [0.25, 0.3) is 0 Å². The third-order valence-corrected chi connectivity index (χ3v) is 4.97. The molecular weight excluding hydrogens is 382 g/mol. The molecule has 3 rings (SSSR count). The fourth-order valence-corrected chi connectivity index (χ4v) is 3.25. The first-order valence-electron chi connectivity index (χ1n) is 8.99. The van der Waals surface area contributed by atoms with E-state index in [1.165, 1.54) is 33.4 Å². The highest BCUT2D eigenvalue weighted by Crippen LogP contribution is 2.19. The lowest BCUT2D eigenvalue weighted by molar-refractivity contribution is 0.246. The summed E-state index contributed by atoms with van der Waals surface area (Å²) in [4.78, 5) is 2.55. The van der Waals surface area contributed by atoms with Crippen LogP contribution >= 0.6 is 17.0 Å². The average molecular weight is 410 g/mol. The first-order chi connectivity index (χ1) is 12.1. The predicted octanol–water partition coefficient (Wildman–Crippen LogP) is 6.39. The van der Waals surface area contributed by atoms with Crippen molar-refractivity contribution in [2.24, 2.45) is 0 Å². The van der Waals surface area contributed by atoms with E-state index in [4.69, 9.17) is 0 Å². The molecule has 3 aromatic carbocycles. The fourth-order valence-electron chi connectivity index (χ4n) is 3.25. The summed E-state index contributed by atoms with van der Waals surface area (Å²) in [5.41, 5.74) is 8.31. The molecule has 1 nitrogen and oxygen atoms in total. The number of hydrogen-bond donors (Lipinski definition) is 0. The van der Waals surface area contributed by atoms with E-state index < -0.39 is 0 Å². The molecule has 136 valence electrons. The largest absolute Gasteiger partial charge is 0.291 e. The van der Waals surface area contributed by atoms with Crippen molar-refractivity contribution in [1.82, 2.24) is 4.90 Å². The van der Waals surface area contributed by atoms with E-state index >= 15 is 0 Å². The Labute approximate surface area is 168 Å². The van der Waals surface area contributed by atoms with E-state index in [9.17, 15) is 0 Å². The monoisotopic (exact) mass is 409 g/mol. The smallest absolute Gasteiger partial charge is 0.0243 e. The number of halogens is 1. The molecule has 0 amide bonds. The maximum Gasteiger partial charge on any atom is 0.0243 e. The van der Waals surface area contributed by atoms with E-state index in [2.05, 4.69) is 98.5 Å². The van der Waals surface area contributed by atoms with Crippen LogP contribution < -0.4 is 0 Å². The molecule has 0 unspecified atom stereocenters. The van der Waals surface area contributed by atoms with Gasteiger partial charge in [0.2, 0.25) is 0 Å². The third kappa shape index (κ3) is 5.30. The summed E-state index contributed by atoms with van der Waals surface area (Å²) < 4.78 is 0. The lowest BCUT2D eigenvalue weighted by Gasteiger charge is -2.25. The summed E-state index contributed by atoms with van der Waals surface area (Å²) in [5.74, 6) is 0. The number of nitrogens with zero attached hydrogens (tertiary/aromatic N) is 1. The van der Waals surface area contributed by atoms with Gasteiger partial charge in [-0.25, -0.2) is 0 Å². The third-order valence-electron chi connectivity index (χ3n) is 4.97. The van der Waals surface area contributed by atoms with Gasteiger partial charge in [0, 0.05) is 19.6 Å². The SMILES string of the molecule is Br.Cc1ccccc1CN(Cc1ccccc1C)Cc1ccccc1C. The van der Waals surface area contributed by atoms with Gasteiger partial charge in [-0.2, -0.15) is 0 Å². The van der Waals surface area contributed by atoms with Gasteiger partial charge in [-0.3, -0.25) is 4.90 Å². The van der Waals surface area contributed by atoms with Gasteiger partial charge in [-0.05, 0) is 54.2 Å². The van der Waals surface area contributed by atoms with E-state index in [1.54, 1.807) is 0 Å². The number of aryl methyl sites for hydroxylation is 3. The summed E-state index contributed by atoms with van der Waals surface area (Å²) in [5, 5.41) is 0. The lowest BCUT2D eigenvalue weighted by Crippen LogP contribution is -2.23. The summed E-state index contributed by atoms with van der Waals surface area (Å²) in [6, 6.07) is 26.1. The molecule has 0 spiro atoms. The van der Waals surface area contributed by atoms with Crippen molar-refractivity contribution in [3.05, 3.63) is 106 Å². The molecule has 0 saturated carbocycles. The van der Waals surface area contributed by atoms with Gasteiger partial charge in [0.1, 0.15) is 0 Å². The summed E-state index contributed by atoms with van der Waals surface area (Å²) in [6.07, 6.45) is 0. The number of rotatable bonds is 6. The predicted molar refractivity (Wildman–Crippen MR) is 117 cm³/mol. The molecule has 0 radical (unpaired) electrons. The molecule has 3 aromatic rings. The van der Waals surface area contributed by atoms with E-state index in [0.717, 1.165) is 19.6 Å². The van der Waals surface area contributed by atoms with Crippen molar-refractivity contribution >= 4 is 17.0 Å². The zero-order valence-electron chi connectivity index (χ0n) is 15.9. The van der Waals surface area contributed by atoms with Gasteiger partial charge in [-0.15, -0.1) is 17.0 Å². The minimum atomic E-state index is 0. The van der Waals surface area contributed by atoms with Crippen LogP contribution in [0.4, 0.5) is 0 Å². The van der Waals surface area contributed by atoms with Crippen LogP contribution in [0.3, 0.4) is 0 Å². The van der Waals surface area contributed by atoms with Crippen LogP contribution in [0.15, 0.2) is 72.8 Å². The Hall–Kier alpha value is -1.90. The van der Waals surface area contributed by atoms with Gasteiger partial charge in [0.05, 0.1) is 0 Å². The van der Waals surface area contributed by atoms with Gasteiger partial charge < -0.3 is 0 Å². The van der Waals surface area contributed by atoms with Crippen LogP contribution in [0.2, 0.25) is 0 Å². The maximum atomic E-state index is 2.55. The van der Waals surface area contributed by atoms with Gasteiger partial charge >= 0.3 is 0 Å². The molecule has 0 aromatic heterocycles. The Balaban J connectivity index is 0.00000243. The quantitative estimate of drug-likeness (QED) is 0.455. The second kappa shape index (κ2) is 9.70. The Bertz CT molecular complexity index is 728. The number of hydrogen-bond acceptors (Lipinski definition) is 1. The van der Waals surface area contributed by atoms with Crippen molar-refractivity contribution < 1.29 is 0 Å². The van der Waals surface area contributed by atoms with Crippen LogP contribution in [0.1, 0.15) is 33.4 Å². The Morgan fingerprint density at radius 1 is 0.500 bits per heavy atom. The molecule has 0 aliphatic carbocycles. The highest BCUT2D eigenvalue weighted by molar-refractivity contribution is 8.93. The molecule has 0 N–H and O–H groups in total. The van der Waals surface area contributed by atoms with Crippen molar-refractivity contribution in [3.63, 3.8) is 0 Å². The van der Waals surface area contributed by atoms with Crippen LogP contribution in [-0.4, -0.2) is 4.90 Å². The molecular formula is C24H28BrN. The minimum Gasteiger partial charge on any atom is -0.291 e. The first-order valence-corrected chi connectivity index (χ1v) is 8.99. The molecule has 26 heavy (non-hydrogen) atoms. The molecule has 0 bridgehead atoms. The van der Waals surface area contributed by atoms with Gasteiger partial charge in [0.15, 0.2) is 0 Å². The molecule has 0 aliphatic heterocycles. The Kier molecular flexibility index (Phi) is 7.62. The van der Waals surface area contributed by atoms with Crippen molar-refractivity contribution in [3.8, 4) is 0 Å². The Morgan fingerprint density at radius 3 is 1.04 bits per heavy atom. The van der Waals surface area contributed by atoms with Crippen LogP contribution in [-0.2, 0) is 19.6 Å². The minimum absolute atomic E-state index is 0. The van der Waals surface area contributed by atoms with Crippen molar-refractivity contribution in [2.45, 2.75) is 40.4 Å². The average Bonchev–Trinajstić information content (AvgIpc) is 2.61. The maximum absolute atomic E-state index is 2.55. The summed E-state index contributed by atoms with van der Waals surface area (Å²) in [7, 11) is 0. The van der Waals surface area contributed by atoms with Crippen LogP contribution in [0, 0.1) is 20.8 Å². The molecule has 0 saturated heterocycles. The van der Waals surface area contributed by atoms with Gasteiger partial charge in [0.25, 0.3) is 0 Å². The van der Waals surface area contributed by atoms with Crippen molar-refractivity contribution in [2.75, 3.05) is 0 Å². The standard InChI is InChI=1S/C24H27N.BrH/c1-19-10-4-7-13-22(19)16-25(17-23-14-8-5-11-20(23)2)18-24-15-9-6-12-21(24)3;/h4-15H,16-18H2,1-3H3;1H. The normalized spacial score (nSPS) is 10.6. The van der Waals surface area contributed by atoms with Crippen LogP contribution in [0.5, 0.6) is 0 Å². The zero-order valence-corrected chi connectivity index (χ0v) is 17.6.